The lowest BCUT2D eigenvalue weighted by atomic mass is 10.2. The van der Waals surface area contributed by atoms with Crippen molar-refractivity contribution in [2.45, 2.75) is 13.0 Å². The van der Waals surface area contributed by atoms with Crippen molar-refractivity contribution in [3.05, 3.63) is 54.6 Å². The molecule has 1 atom stereocenters. The smallest absolute Gasteiger partial charge is 0.258 e. The number of nitrogens with one attached hydrogen (secondary N) is 1. The summed E-state index contributed by atoms with van der Waals surface area (Å²) in [6.45, 7) is 1.22. The maximum absolute atomic E-state index is 12.6. The number of methoxy groups -OCH3 is 1. The van der Waals surface area contributed by atoms with Crippen LogP contribution in [0.5, 0.6) is 5.75 Å². The van der Waals surface area contributed by atoms with Gasteiger partial charge in [0.2, 0.25) is 6.04 Å². The van der Waals surface area contributed by atoms with Gasteiger partial charge in [-0.25, -0.2) is 4.98 Å². The molecule has 3 rings (SSSR count). The molecule has 0 aliphatic carbocycles. The fourth-order valence-electron chi connectivity index (χ4n) is 2.47. The third kappa shape index (κ3) is 4.33. The minimum Gasteiger partial charge on any atom is -0.495 e. The minimum atomic E-state index is -1.44. The van der Waals surface area contributed by atoms with Crippen LogP contribution in [0.2, 0.25) is 0 Å². The van der Waals surface area contributed by atoms with Gasteiger partial charge in [-0.15, -0.1) is 5.11 Å². The Morgan fingerprint density at radius 3 is 2.73 bits per heavy atom. The summed E-state index contributed by atoms with van der Waals surface area (Å²) in [5.41, 5.74) is 0.477. The van der Waals surface area contributed by atoms with E-state index in [4.69, 9.17) is 4.74 Å². The second kappa shape index (κ2) is 9.16. The number of aromatic nitrogens is 4. The van der Waals surface area contributed by atoms with Crippen molar-refractivity contribution < 1.29 is 14.3 Å². The molecule has 0 aliphatic rings. The number of carbonyl (C=O) groups is 2. The van der Waals surface area contributed by atoms with Gasteiger partial charge in [-0.1, -0.05) is 12.1 Å². The fourth-order valence-corrected chi connectivity index (χ4v) is 2.47. The molecule has 11 heteroatoms. The number of amides is 1. The Kier molecular flexibility index (Phi) is 6.19. The number of hydrogen-bond acceptors (Lipinski definition) is 9. The van der Waals surface area contributed by atoms with Gasteiger partial charge in [-0.3, -0.25) is 14.6 Å². The molecule has 0 fully saturated rings. The number of nitriles is 1. The first kappa shape index (κ1) is 20.3. The number of anilines is 1. The highest BCUT2D eigenvalue weighted by atomic mass is 16.5. The second-order valence-electron chi connectivity index (χ2n) is 5.89. The van der Waals surface area contributed by atoms with Crippen LogP contribution in [0, 0.1) is 11.3 Å². The van der Waals surface area contributed by atoms with E-state index in [0.29, 0.717) is 17.3 Å². The van der Waals surface area contributed by atoms with Gasteiger partial charge in [0.25, 0.3) is 5.91 Å². The predicted octanol–water partition coefficient (Wildman–Crippen LogP) is 2.22. The summed E-state index contributed by atoms with van der Waals surface area (Å²) in [6.07, 6.45) is 5.63. The zero-order valence-electron chi connectivity index (χ0n) is 16.1. The van der Waals surface area contributed by atoms with Crippen LogP contribution >= 0.6 is 0 Å². The van der Waals surface area contributed by atoms with E-state index in [-0.39, 0.29) is 11.4 Å². The molecule has 1 unspecified atom stereocenters. The first-order valence-electron chi connectivity index (χ1n) is 8.65. The Morgan fingerprint density at radius 2 is 2.07 bits per heavy atom. The van der Waals surface area contributed by atoms with E-state index in [1.165, 1.54) is 43.5 Å². The molecule has 0 bridgehead atoms. The number of azo groups is 1. The lowest BCUT2D eigenvalue weighted by Crippen LogP contribution is -2.32. The zero-order valence-corrected chi connectivity index (χ0v) is 16.1. The Bertz CT molecular complexity index is 1130. The van der Waals surface area contributed by atoms with E-state index in [1.807, 2.05) is 6.07 Å². The average Bonchev–Trinajstić information content (AvgIpc) is 3.17. The maximum atomic E-state index is 12.6. The first-order chi connectivity index (χ1) is 14.5. The summed E-state index contributed by atoms with van der Waals surface area (Å²) in [6, 6.07) is 7.24. The number of rotatable bonds is 7. The molecule has 1 amide bonds. The van der Waals surface area contributed by atoms with Gasteiger partial charge in [0.1, 0.15) is 17.4 Å². The van der Waals surface area contributed by atoms with Crippen molar-refractivity contribution in [1.82, 2.24) is 19.7 Å². The highest BCUT2D eigenvalue weighted by Crippen LogP contribution is 2.25. The molecule has 30 heavy (non-hydrogen) atoms. The topological polar surface area (TPSA) is 148 Å². The van der Waals surface area contributed by atoms with E-state index in [2.05, 4.69) is 30.6 Å². The standard InChI is InChI=1S/C19H16N8O3/c1-12(28)17(19(29)24-14-5-3-4-6-15(14)30-2)25-26-18-13(9-20)10-23-27(18)16-11-21-7-8-22-16/h3-8,10-11,17H,1-2H3,(H,24,29). The first-order valence-corrected chi connectivity index (χ1v) is 8.65. The number of ketones is 1. The quantitative estimate of drug-likeness (QED) is 0.469. The highest BCUT2D eigenvalue weighted by molar-refractivity contribution is 6.10. The molecule has 150 valence electrons. The molecule has 2 heterocycles. The number of para-hydroxylation sites is 2. The lowest BCUT2D eigenvalue weighted by molar-refractivity contribution is -0.126. The van der Waals surface area contributed by atoms with Crippen molar-refractivity contribution in [1.29, 1.82) is 5.26 Å². The van der Waals surface area contributed by atoms with E-state index >= 15 is 0 Å². The van der Waals surface area contributed by atoms with Crippen molar-refractivity contribution in [2.75, 3.05) is 12.4 Å². The van der Waals surface area contributed by atoms with Gasteiger partial charge in [0, 0.05) is 12.4 Å². The number of benzene rings is 1. The van der Waals surface area contributed by atoms with Crippen LogP contribution in [-0.2, 0) is 9.59 Å². The van der Waals surface area contributed by atoms with Gasteiger partial charge in [-0.05, 0) is 19.1 Å². The Labute approximate surface area is 171 Å². The van der Waals surface area contributed by atoms with E-state index in [1.54, 1.807) is 24.3 Å². The zero-order chi connectivity index (χ0) is 21.5. The third-order valence-corrected chi connectivity index (χ3v) is 3.90. The van der Waals surface area contributed by atoms with Crippen LogP contribution in [0.25, 0.3) is 5.82 Å². The van der Waals surface area contributed by atoms with Crippen LogP contribution < -0.4 is 10.1 Å². The number of hydrogen-bond donors (Lipinski definition) is 1. The molecule has 0 spiro atoms. The van der Waals surface area contributed by atoms with Gasteiger partial charge in [0.05, 0.1) is 25.2 Å². The highest BCUT2D eigenvalue weighted by Gasteiger charge is 2.25. The fraction of sp³-hybridized carbons (Fsp3) is 0.158. The van der Waals surface area contributed by atoms with Crippen molar-refractivity contribution in [2.24, 2.45) is 10.2 Å². The monoisotopic (exact) mass is 404 g/mol. The van der Waals surface area contributed by atoms with Crippen LogP contribution in [0.4, 0.5) is 11.5 Å². The third-order valence-electron chi connectivity index (χ3n) is 3.90. The van der Waals surface area contributed by atoms with E-state index in [0.717, 1.165) is 0 Å². The summed E-state index contributed by atoms with van der Waals surface area (Å²) < 4.78 is 6.43. The van der Waals surface area contributed by atoms with Crippen LogP contribution in [0.1, 0.15) is 12.5 Å². The van der Waals surface area contributed by atoms with E-state index in [9.17, 15) is 14.9 Å². The Morgan fingerprint density at radius 1 is 1.27 bits per heavy atom. The molecule has 3 aromatic rings. The van der Waals surface area contributed by atoms with Gasteiger partial charge in [0.15, 0.2) is 17.4 Å². The minimum absolute atomic E-state index is 0.0225. The summed E-state index contributed by atoms with van der Waals surface area (Å²) in [5, 5.41) is 23.8. The summed E-state index contributed by atoms with van der Waals surface area (Å²) >= 11 is 0. The molecule has 0 saturated carbocycles. The van der Waals surface area contributed by atoms with Crippen molar-refractivity contribution >= 4 is 23.2 Å². The Hall–Kier alpha value is -4.46. The predicted molar refractivity (Wildman–Crippen MR) is 104 cm³/mol. The normalized spacial score (nSPS) is 11.6. The molecule has 1 N–H and O–H groups in total. The lowest BCUT2D eigenvalue weighted by Gasteiger charge is -2.12. The molecule has 0 radical (unpaired) electrons. The van der Waals surface area contributed by atoms with Crippen LogP contribution in [0.15, 0.2) is 59.3 Å². The summed E-state index contributed by atoms with van der Waals surface area (Å²) in [7, 11) is 1.46. The number of ether oxygens (including phenoxy) is 1. The Balaban J connectivity index is 1.91. The van der Waals surface area contributed by atoms with Gasteiger partial charge < -0.3 is 10.1 Å². The average molecular weight is 404 g/mol. The number of nitrogens with zero attached hydrogens (tertiary/aromatic N) is 7. The van der Waals surface area contributed by atoms with Crippen molar-refractivity contribution in [3.63, 3.8) is 0 Å². The maximum Gasteiger partial charge on any atom is 0.258 e. The molecular weight excluding hydrogens is 388 g/mol. The number of carbonyl (C=O) groups excluding carboxylic acids is 2. The largest absolute Gasteiger partial charge is 0.495 e. The van der Waals surface area contributed by atoms with E-state index < -0.39 is 17.7 Å². The van der Waals surface area contributed by atoms with Crippen molar-refractivity contribution in [3.8, 4) is 17.6 Å². The molecular formula is C19H16N8O3. The molecule has 2 aromatic heterocycles. The molecule has 0 aliphatic heterocycles. The van der Waals surface area contributed by atoms with Gasteiger partial charge >= 0.3 is 0 Å². The van der Waals surface area contributed by atoms with Gasteiger partial charge in [-0.2, -0.15) is 20.2 Å². The number of Topliss-reactive ketones (excluding diaryl/α,β-unsaturated/α-hetero) is 1. The van der Waals surface area contributed by atoms with Crippen LogP contribution in [-0.4, -0.2) is 44.6 Å². The molecule has 1 aromatic carbocycles. The second-order valence-corrected chi connectivity index (χ2v) is 5.89. The SMILES string of the molecule is COc1ccccc1NC(=O)C(N=Nc1c(C#N)cnn1-c1cnccn1)C(C)=O. The summed E-state index contributed by atoms with van der Waals surface area (Å²) in [5.74, 6) is -0.479. The van der Waals surface area contributed by atoms with Crippen LogP contribution in [0.3, 0.4) is 0 Å². The molecule has 11 nitrogen and oxygen atoms in total. The molecule has 0 saturated heterocycles. The summed E-state index contributed by atoms with van der Waals surface area (Å²) in [4.78, 5) is 32.7.